The van der Waals surface area contributed by atoms with Crippen molar-refractivity contribution in [3.63, 3.8) is 0 Å². The van der Waals surface area contributed by atoms with Gasteiger partial charge in [-0.25, -0.2) is 4.98 Å². The van der Waals surface area contributed by atoms with E-state index >= 15 is 0 Å². The van der Waals surface area contributed by atoms with Crippen LogP contribution in [-0.4, -0.2) is 15.6 Å². The zero-order valence-electron chi connectivity index (χ0n) is 29.1. The molecule has 0 fully saturated rings. The molecular weight excluding hydrogens is 645 g/mol. The summed E-state index contributed by atoms with van der Waals surface area (Å²) in [4.78, 5) is 10.0. The number of imidazole rings is 1. The van der Waals surface area contributed by atoms with Crippen molar-refractivity contribution in [2.45, 2.75) is 12.5 Å². The van der Waals surface area contributed by atoms with Crippen molar-refractivity contribution in [1.29, 1.82) is 0 Å². The van der Waals surface area contributed by atoms with Crippen molar-refractivity contribution in [1.82, 2.24) is 9.55 Å². The Kier molecular flexibility index (Phi) is 7.58. The first-order valence-corrected chi connectivity index (χ1v) is 18.2. The summed E-state index contributed by atoms with van der Waals surface area (Å²) in [7, 11) is 0. The van der Waals surface area contributed by atoms with Crippen molar-refractivity contribution < 1.29 is 0 Å². The van der Waals surface area contributed by atoms with E-state index in [-0.39, 0.29) is 6.04 Å². The van der Waals surface area contributed by atoms with Crippen LogP contribution in [0.25, 0.3) is 50.1 Å². The molecule has 1 unspecified atom stereocenters. The molecule has 8 aromatic rings. The Morgan fingerprint density at radius 2 is 0.925 bits per heavy atom. The number of para-hydroxylation sites is 2. The lowest BCUT2D eigenvalue weighted by atomic mass is 9.99. The van der Waals surface area contributed by atoms with Crippen LogP contribution in [0.3, 0.4) is 0 Å². The lowest BCUT2D eigenvalue weighted by Gasteiger charge is -2.32. The Balaban J connectivity index is 1.07. The van der Waals surface area contributed by atoms with Crippen LogP contribution in [0.5, 0.6) is 0 Å². The molecule has 252 valence electrons. The molecule has 0 saturated heterocycles. The molecule has 4 heteroatoms. The van der Waals surface area contributed by atoms with Gasteiger partial charge in [0.1, 0.15) is 0 Å². The van der Waals surface area contributed by atoms with Crippen LogP contribution in [0.15, 0.2) is 206 Å². The van der Waals surface area contributed by atoms with E-state index in [2.05, 4.69) is 215 Å². The molecule has 0 radical (unpaired) electrons. The molecule has 0 N–H and O–H groups in total. The second-order valence-electron chi connectivity index (χ2n) is 13.6. The zero-order valence-corrected chi connectivity index (χ0v) is 29.1. The highest BCUT2D eigenvalue weighted by molar-refractivity contribution is 5.92. The Labute approximate surface area is 309 Å². The first kappa shape index (κ1) is 30.9. The Bertz CT molecular complexity index is 2520. The third-order valence-corrected chi connectivity index (χ3v) is 10.5. The Morgan fingerprint density at radius 3 is 1.45 bits per heavy atom. The molecule has 10 rings (SSSR count). The minimum atomic E-state index is 0.108. The van der Waals surface area contributed by atoms with Gasteiger partial charge in [0.2, 0.25) is 5.95 Å². The molecule has 1 aliphatic heterocycles. The smallest absolute Gasteiger partial charge is 0.216 e. The van der Waals surface area contributed by atoms with Gasteiger partial charge in [-0.05, 0) is 94.4 Å². The monoisotopic (exact) mass is 680 g/mol. The summed E-state index contributed by atoms with van der Waals surface area (Å²) >= 11 is 0. The molecule has 1 aromatic heterocycles. The molecule has 53 heavy (non-hydrogen) atoms. The molecule has 7 aromatic carbocycles. The van der Waals surface area contributed by atoms with Crippen LogP contribution in [0.1, 0.15) is 6.42 Å². The van der Waals surface area contributed by atoms with E-state index < -0.39 is 0 Å². The lowest BCUT2D eigenvalue weighted by molar-refractivity contribution is 0.810. The molecule has 0 saturated carbocycles. The second kappa shape index (κ2) is 13.0. The summed E-state index contributed by atoms with van der Waals surface area (Å²) in [6.07, 6.45) is 5.60. The van der Waals surface area contributed by atoms with Gasteiger partial charge >= 0.3 is 0 Å². The SMILES string of the molecule is C1=C(N(c2ccc(-c3ccccc3)cc2)c2ccc(-c3ccccc3)cc2)C=C2C(C1)N(c1ccc(-c3ccccc3)cc1)c1nc3ccccc3n12. The van der Waals surface area contributed by atoms with E-state index in [0.717, 1.165) is 46.2 Å². The number of aromatic nitrogens is 2. The quantitative estimate of drug-likeness (QED) is 0.167. The zero-order chi connectivity index (χ0) is 35.1. The minimum Gasteiger partial charge on any atom is -0.311 e. The normalized spacial score (nSPS) is 14.7. The van der Waals surface area contributed by atoms with Crippen LogP contribution in [0.4, 0.5) is 23.0 Å². The molecule has 2 heterocycles. The van der Waals surface area contributed by atoms with Crippen LogP contribution < -0.4 is 9.80 Å². The van der Waals surface area contributed by atoms with Crippen molar-refractivity contribution >= 4 is 39.7 Å². The first-order valence-electron chi connectivity index (χ1n) is 18.2. The van der Waals surface area contributed by atoms with Crippen molar-refractivity contribution in [2.24, 2.45) is 0 Å². The standard InChI is InChI=1S/C49H36N4/c1-4-12-35(13-5-1)38-20-26-41(27-21-38)51(42-28-22-39(23-29-42)36-14-6-2-7-15-36)44-32-33-47-48(34-44)53-46-19-11-10-18-45(46)50-49(53)52(47)43-30-24-40(25-31-43)37-16-8-3-9-17-37/h1-32,34,47H,33H2. The van der Waals surface area contributed by atoms with Crippen molar-refractivity contribution in [3.8, 4) is 33.4 Å². The van der Waals surface area contributed by atoms with E-state index in [4.69, 9.17) is 4.98 Å². The van der Waals surface area contributed by atoms with Crippen LogP contribution in [0, 0.1) is 0 Å². The summed E-state index contributed by atoms with van der Waals surface area (Å²) in [5.41, 5.74) is 15.1. The predicted molar refractivity (Wildman–Crippen MR) is 220 cm³/mol. The fourth-order valence-electron chi connectivity index (χ4n) is 7.89. The van der Waals surface area contributed by atoms with Gasteiger partial charge < -0.3 is 9.80 Å². The van der Waals surface area contributed by atoms with E-state index in [9.17, 15) is 0 Å². The largest absolute Gasteiger partial charge is 0.311 e. The third-order valence-electron chi connectivity index (χ3n) is 10.5. The summed E-state index contributed by atoms with van der Waals surface area (Å²) < 4.78 is 2.37. The number of allylic oxidation sites excluding steroid dienone is 1. The summed E-state index contributed by atoms with van der Waals surface area (Å²) in [6.45, 7) is 0. The number of hydrogen-bond donors (Lipinski definition) is 0. The van der Waals surface area contributed by atoms with Gasteiger partial charge in [0, 0.05) is 22.8 Å². The summed E-state index contributed by atoms with van der Waals surface area (Å²) in [6, 6.07) is 67.1. The number of benzene rings is 7. The van der Waals surface area contributed by atoms with E-state index in [0.29, 0.717) is 0 Å². The Hall–Kier alpha value is -6.91. The van der Waals surface area contributed by atoms with Crippen molar-refractivity contribution in [3.05, 3.63) is 206 Å². The van der Waals surface area contributed by atoms with E-state index in [1.54, 1.807) is 0 Å². The van der Waals surface area contributed by atoms with Gasteiger partial charge in [-0.1, -0.05) is 146 Å². The molecule has 4 nitrogen and oxygen atoms in total. The first-order chi connectivity index (χ1) is 26.3. The topological polar surface area (TPSA) is 24.3 Å². The molecule has 1 atom stereocenters. The molecule has 0 spiro atoms. The van der Waals surface area contributed by atoms with Gasteiger partial charge in [0.25, 0.3) is 0 Å². The lowest BCUT2D eigenvalue weighted by Crippen LogP contribution is -2.30. The van der Waals surface area contributed by atoms with Gasteiger partial charge in [-0.3, -0.25) is 4.57 Å². The molecule has 0 bridgehead atoms. The average molecular weight is 681 g/mol. The third kappa shape index (κ3) is 5.53. The average Bonchev–Trinajstić information content (AvgIpc) is 3.77. The van der Waals surface area contributed by atoms with Crippen LogP contribution >= 0.6 is 0 Å². The molecule has 2 aliphatic rings. The second-order valence-corrected chi connectivity index (χ2v) is 13.6. The molecule has 0 amide bonds. The highest BCUT2D eigenvalue weighted by Crippen LogP contribution is 2.47. The highest BCUT2D eigenvalue weighted by atomic mass is 15.4. The highest BCUT2D eigenvalue weighted by Gasteiger charge is 2.39. The molecule has 1 aliphatic carbocycles. The van der Waals surface area contributed by atoms with Crippen LogP contribution in [0.2, 0.25) is 0 Å². The number of fused-ring (bicyclic) bond motifs is 5. The number of nitrogens with zero attached hydrogens (tertiary/aromatic N) is 4. The maximum atomic E-state index is 5.23. The van der Waals surface area contributed by atoms with Crippen LogP contribution in [-0.2, 0) is 0 Å². The predicted octanol–water partition coefficient (Wildman–Crippen LogP) is 12.5. The van der Waals surface area contributed by atoms with Gasteiger partial charge in [0.05, 0.1) is 22.8 Å². The minimum absolute atomic E-state index is 0.108. The maximum Gasteiger partial charge on any atom is 0.216 e. The summed E-state index contributed by atoms with van der Waals surface area (Å²) in [5.74, 6) is 0.954. The fourth-order valence-corrected chi connectivity index (χ4v) is 7.89. The van der Waals surface area contributed by atoms with Gasteiger partial charge in [-0.15, -0.1) is 0 Å². The van der Waals surface area contributed by atoms with Crippen molar-refractivity contribution in [2.75, 3.05) is 9.80 Å². The number of rotatable bonds is 7. The van der Waals surface area contributed by atoms with E-state index in [1.165, 1.54) is 39.1 Å². The van der Waals surface area contributed by atoms with Gasteiger partial charge in [0.15, 0.2) is 0 Å². The number of hydrogen-bond acceptors (Lipinski definition) is 3. The van der Waals surface area contributed by atoms with E-state index in [1.807, 2.05) is 0 Å². The maximum absolute atomic E-state index is 5.23. The summed E-state index contributed by atoms with van der Waals surface area (Å²) in [5, 5.41) is 0. The molecular formula is C49H36N4. The number of anilines is 4. The Morgan fingerprint density at radius 1 is 0.472 bits per heavy atom. The van der Waals surface area contributed by atoms with Gasteiger partial charge in [-0.2, -0.15) is 0 Å². The fraction of sp³-hybridized carbons (Fsp3) is 0.0408.